The van der Waals surface area contributed by atoms with Gasteiger partial charge in [0.15, 0.2) is 5.96 Å². The number of likely N-dealkylation sites (tertiary alicyclic amines) is 1. The minimum atomic E-state index is 0. The van der Waals surface area contributed by atoms with Crippen molar-refractivity contribution in [3.8, 4) is 0 Å². The molecule has 0 aromatic carbocycles. The minimum Gasteiger partial charge on any atom is -0.381 e. The monoisotopic (exact) mass is 495 g/mol. The molecular weight excluding hydrogens is 453 g/mol. The van der Waals surface area contributed by atoms with E-state index in [-0.39, 0.29) is 29.5 Å². The normalized spacial score (nSPS) is 21.7. The third-order valence-electron chi connectivity index (χ3n) is 6.00. The lowest BCUT2D eigenvalue weighted by Crippen LogP contribution is -2.53. The number of ether oxygens (including phenoxy) is 1. The van der Waals surface area contributed by atoms with Crippen LogP contribution < -0.4 is 10.6 Å². The van der Waals surface area contributed by atoms with E-state index in [1.165, 1.54) is 45.3 Å². The summed E-state index contributed by atoms with van der Waals surface area (Å²) in [6.45, 7) is 11.5. The van der Waals surface area contributed by atoms with Crippen LogP contribution in [0, 0.1) is 0 Å². The zero-order valence-electron chi connectivity index (χ0n) is 17.9. The number of hydrogen-bond acceptors (Lipinski definition) is 4. The molecule has 0 bridgehead atoms. The third kappa shape index (κ3) is 8.03. The zero-order valence-corrected chi connectivity index (χ0v) is 20.3. The predicted molar refractivity (Wildman–Crippen MR) is 125 cm³/mol. The molecule has 2 heterocycles. The molecule has 0 aromatic heterocycles. The Hall–Kier alpha value is -0.120. The van der Waals surface area contributed by atoms with E-state index in [1.54, 1.807) is 0 Å². The van der Waals surface area contributed by atoms with Crippen LogP contribution in [0.1, 0.15) is 52.4 Å². The van der Waals surface area contributed by atoms with E-state index in [9.17, 15) is 0 Å². The number of nitrogens with one attached hydrogen (secondary N) is 2. The van der Waals surface area contributed by atoms with Crippen LogP contribution in [-0.4, -0.2) is 87.4 Å². The first-order chi connectivity index (χ1) is 12.6. The molecule has 0 unspecified atom stereocenters. The van der Waals surface area contributed by atoms with Crippen LogP contribution in [-0.2, 0) is 4.74 Å². The molecule has 2 fully saturated rings. The topological polar surface area (TPSA) is 52.1 Å². The lowest BCUT2D eigenvalue weighted by atomic mass is 9.89. The van der Waals surface area contributed by atoms with Gasteiger partial charge in [-0.1, -0.05) is 13.3 Å². The molecular formula is C20H42IN5O. The predicted octanol–water partition coefficient (Wildman–Crippen LogP) is 2.53. The van der Waals surface area contributed by atoms with Gasteiger partial charge in [-0.05, 0) is 59.7 Å². The first kappa shape index (κ1) is 24.9. The molecule has 2 aliphatic heterocycles. The average molecular weight is 495 g/mol. The minimum absolute atomic E-state index is 0. The maximum absolute atomic E-state index is 5.58. The van der Waals surface area contributed by atoms with Gasteiger partial charge in [0.25, 0.3) is 0 Å². The molecule has 7 heteroatoms. The number of aliphatic imine (C=N–C) groups is 1. The van der Waals surface area contributed by atoms with Gasteiger partial charge in [0.05, 0.1) is 6.54 Å². The number of nitrogens with zero attached hydrogens (tertiary/aromatic N) is 3. The highest BCUT2D eigenvalue weighted by Crippen LogP contribution is 2.26. The number of halogens is 1. The fraction of sp³-hybridized carbons (Fsp3) is 0.950. The highest BCUT2D eigenvalue weighted by atomic mass is 127. The van der Waals surface area contributed by atoms with E-state index in [1.807, 2.05) is 0 Å². The number of likely N-dealkylation sites (N-methyl/N-ethyl adjacent to an activating group) is 1. The lowest BCUT2D eigenvalue weighted by Gasteiger charge is -2.42. The molecule has 0 saturated carbocycles. The fourth-order valence-corrected chi connectivity index (χ4v) is 3.92. The molecule has 2 rings (SSSR count). The molecule has 2 saturated heterocycles. The van der Waals surface area contributed by atoms with Crippen LogP contribution in [0.25, 0.3) is 0 Å². The van der Waals surface area contributed by atoms with Crippen molar-refractivity contribution in [2.45, 2.75) is 64.0 Å². The van der Waals surface area contributed by atoms with Crippen molar-refractivity contribution < 1.29 is 4.74 Å². The largest absolute Gasteiger partial charge is 0.381 e. The standard InChI is InChI=1S/C20H41N5O.HI/c1-5-7-12-25-13-8-18(9-14-25)23-19(21-6-2)22-17-20(24(3)4)10-15-26-16-11-20;/h18H,5-17H2,1-4H3,(H2,21,22,23);1H. The van der Waals surface area contributed by atoms with Crippen LogP contribution in [0.4, 0.5) is 0 Å². The second-order valence-electron chi connectivity index (χ2n) is 8.04. The van der Waals surface area contributed by atoms with E-state index in [2.05, 4.69) is 48.4 Å². The van der Waals surface area contributed by atoms with Crippen molar-refractivity contribution in [1.29, 1.82) is 0 Å². The molecule has 6 nitrogen and oxygen atoms in total. The number of guanidine groups is 1. The summed E-state index contributed by atoms with van der Waals surface area (Å²) in [4.78, 5) is 9.92. The van der Waals surface area contributed by atoms with Gasteiger partial charge < -0.3 is 25.2 Å². The van der Waals surface area contributed by atoms with Gasteiger partial charge in [0.2, 0.25) is 0 Å². The van der Waals surface area contributed by atoms with Crippen LogP contribution in [0.5, 0.6) is 0 Å². The Balaban J connectivity index is 0.00000364. The van der Waals surface area contributed by atoms with Crippen LogP contribution >= 0.6 is 24.0 Å². The Bertz CT molecular complexity index is 419. The zero-order chi connectivity index (χ0) is 18.8. The molecule has 0 aliphatic carbocycles. The van der Waals surface area contributed by atoms with E-state index in [0.717, 1.165) is 45.1 Å². The Labute approximate surface area is 183 Å². The molecule has 0 radical (unpaired) electrons. The second kappa shape index (κ2) is 13.2. The van der Waals surface area contributed by atoms with Gasteiger partial charge in [-0.15, -0.1) is 24.0 Å². The highest BCUT2D eigenvalue weighted by molar-refractivity contribution is 14.0. The molecule has 2 aliphatic rings. The van der Waals surface area contributed by atoms with Gasteiger partial charge in [-0.25, -0.2) is 0 Å². The Morgan fingerprint density at radius 3 is 2.41 bits per heavy atom. The summed E-state index contributed by atoms with van der Waals surface area (Å²) in [7, 11) is 4.35. The summed E-state index contributed by atoms with van der Waals surface area (Å²) < 4.78 is 5.58. The maximum atomic E-state index is 5.58. The summed E-state index contributed by atoms with van der Waals surface area (Å²) in [5.74, 6) is 0.979. The second-order valence-corrected chi connectivity index (χ2v) is 8.04. The molecule has 0 aromatic rings. The van der Waals surface area contributed by atoms with Crippen molar-refractivity contribution in [2.75, 3.05) is 60.0 Å². The van der Waals surface area contributed by atoms with E-state index in [4.69, 9.17) is 9.73 Å². The number of piperidine rings is 1. The Morgan fingerprint density at radius 1 is 1.19 bits per heavy atom. The smallest absolute Gasteiger partial charge is 0.191 e. The van der Waals surface area contributed by atoms with Crippen LogP contribution in [0.2, 0.25) is 0 Å². The Kier molecular flexibility index (Phi) is 12.2. The van der Waals surface area contributed by atoms with E-state index >= 15 is 0 Å². The first-order valence-electron chi connectivity index (χ1n) is 10.6. The SMILES string of the molecule is CCCCN1CCC(NC(=NCC2(N(C)C)CCOCC2)NCC)CC1.I. The maximum Gasteiger partial charge on any atom is 0.191 e. The van der Waals surface area contributed by atoms with Gasteiger partial charge in [-0.2, -0.15) is 0 Å². The van der Waals surface area contributed by atoms with Crippen molar-refractivity contribution >= 4 is 29.9 Å². The molecule has 160 valence electrons. The van der Waals surface area contributed by atoms with Gasteiger partial charge in [0, 0.05) is 44.4 Å². The van der Waals surface area contributed by atoms with Crippen molar-refractivity contribution in [3.05, 3.63) is 0 Å². The summed E-state index contributed by atoms with van der Waals surface area (Å²) in [6.07, 6.45) is 7.13. The summed E-state index contributed by atoms with van der Waals surface area (Å²) in [6, 6.07) is 0.538. The van der Waals surface area contributed by atoms with E-state index in [0.29, 0.717) is 6.04 Å². The van der Waals surface area contributed by atoms with Gasteiger partial charge >= 0.3 is 0 Å². The highest BCUT2D eigenvalue weighted by Gasteiger charge is 2.34. The number of hydrogen-bond donors (Lipinski definition) is 2. The van der Waals surface area contributed by atoms with Gasteiger partial charge in [-0.3, -0.25) is 4.99 Å². The molecule has 0 amide bonds. The van der Waals surface area contributed by atoms with Crippen LogP contribution in [0.15, 0.2) is 4.99 Å². The third-order valence-corrected chi connectivity index (χ3v) is 6.00. The molecule has 0 spiro atoms. The van der Waals surface area contributed by atoms with Crippen molar-refractivity contribution in [1.82, 2.24) is 20.4 Å². The number of rotatable bonds is 8. The lowest BCUT2D eigenvalue weighted by molar-refractivity contribution is -0.00256. The average Bonchev–Trinajstić information content (AvgIpc) is 2.66. The quantitative estimate of drug-likeness (QED) is 0.308. The first-order valence-corrected chi connectivity index (χ1v) is 10.6. The van der Waals surface area contributed by atoms with Crippen molar-refractivity contribution in [2.24, 2.45) is 4.99 Å². The summed E-state index contributed by atoms with van der Waals surface area (Å²) in [5, 5.41) is 7.14. The van der Waals surface area contributed by atoms with Gasteiger partial charge in [0.1, 0.15) is 0 Å². The van der Waals surface area contributed by atoms with Crippen molar-refractivity contribution in [3.63, 3.8) is 0 Å². The molecule has 27 heavy (non-hydrogen) atoms. The molecule has 2 N–H and O–H groups in total. The van der Waals surface area contributed by atoms with Crippen LogP contribution in [0.3, 0.4) is 0 Å². The summed E-state index contributed by atoms with van der Waals surface area (Å²) >= 11 is 0. The Morgan fingerprint density at radius 2 is 1.85 bits per heavy atom. The fourth-order valence-electron chi connectivity index (χ4n) is 3.92. The number of unbranched alkanes of at least 4 members (excludes halogenated alkanes) is 1. The summed E-state index contributed by atoms with van der Waals surface area (Å²) in [5.41, 5.74) is 0.129. The molecule has 0 atom stereocenters. The van der Waals surface area contributed by atoms with E-state index < -0.39 is 0 Å².